The van der Waals surface area contributed by atoms with Gasteiger partial charge in [0.25, 0.3) is 0 Å². The molecule has 0 aliphatic carbocycles. The van der Waals surface area contributed by atoms with Gasteiger partial charge in [-0.05, 0) is 46.1 Å². The highest BCUT2D eigenvalue weighted by Crippen LogP contribution is 2.31. The molecule has 0 saturated heterocycles. The Labute approximate surface area is 125 Å². The minimum absolute atomic E-state index is 0.221. The van der Waals surface area contributed by atoms with Gasteiger partial charge in [0.05, 0.1) is 4.47 Å². The van der Waals surface area contributed by atoms with Gasteiger partial charge in [-0.1, -0.05) is 18.2 Å². The zero-order valence-corrected chi connectivity index (χ0v) is 12.5. The number of nitrogens with two attached hydrogens (primary N) is 1. The first-order valence-electron chi connectivity index (χ1n) is 6.24. The molecule has 0 amide bonds. The first kappa shape index (κ1) is 13.3. The van der Waals surface area contributed by atoms with Crippen molar-refractivity contribution in [3.8, 4) is 0 Å². The van der Waals surface area contributed by atoms with Gasteiger partial charge in [-0.15, -0.1) is 0 Å². The van der Waals surface area contributed by atoms with Gasteiger partial charge in [0.2, 0.25) is 0 Å². The number of fused-ring (bicyclic) bond motifs is 1. The summed E-state index contributed by atoms with van der Waals surface area (Å²) in [6.45, 7) is 2.00. The van der Waals surface area contributed by atoms with Crippen molar-refractivity contribution in [2.75, 3.05) is 0 Å². The fraction of sp³-hybridized carbons (Fsp3) is 0.133. The summed E-state index contributed by atoms with van der Waals surface area (Å²) < 4.78 is 6.86. The molecule has 102 valence electrons. The number of rotatable bonds is 3. The molecule has 2 aromatic heterocycles. The molecule has 1 unspecified atom stereocenters. The number of hydrogen-bond acceptors (Lipinski definition) is 4. The summed E-state index contributed by atoms with van der Waals surface area (Å²) in [4.78, 5) is 4.20. The maximum Gasteiger partial charge on any atom is 0.148 e. The number of para-hydroxylation sites is 1. The lowest BCUT2D eigenvalue weighted by atomic mass is 10.1. The Morgan fingerprint density at radius 3 is 2.85 bits per heavy atom. The molecule has 1 atom stereocenters. The van der Waals surface area contributed by atoms with E-state index in [0.717, 1.165) is 32.3 Å². The highest BCUT2D eigenvalue weighted by atomic mass is 79.9. The van der Waals surface area contributed by atoms with Crippen LogP contribution in [-0.2, 0) is 0 Å². The number of benzene rings is 1. The number of halogens is 1. The highest BCUT2D eigenvalue weighted by molar-refractivity contribution is 9.10. The van der Waals surface area contributed by atoms with Crippen LogP contribution >= 0.6 is 15.9 Å². The molecule has 1 aromatic carbocycles. The molecule has 0 saturated carbocycles. The van der Waals surface area contributed by atoms with Crippen molar-refractivity contribution in [1.82, 2.24) is 10.4 Å². The third-order valence-corrected chi connectivity index (χ3v) is 3.82. The number of hydrogen-bond donors (Lipinski definition) is 2. The minimum Gasteiger partial charge on any atom is -0.458 e. The van der Waals surface area contributed by atoms with Gasteiger partial charge in [0, 0.05) is 17.8 Å². The molecular formula is C15H14BrN3O. The lowest BCUT2D eigenvalue weighted by Gasteiger charge is -2.13. The van der Waals surface area contributed by atoms with Gasteiger partial charge in [0.1, 0.15) is 17.4 Å². The van der Waals surface area contributed by atoms with Crippen LogP contribution in [0.3, 0.4) is 0 Å². The van der Waals surface area contributed by atoms with E-state index in [1.165, 1.54) is 0 Å². The standard InChI is InChI=1S/C15H14BrN3O/c1-9-5-11(8-18-7-9)14(19-17)13-6-10-3-2-4-12(16)15(10)20-13/h2-8,14,19H,17H2,1H3. The average Bonchev–Trinajstić information content (AvgIpc) is 2.85. The lowest BCUT2D eigenvalue weighted by Crippen LogP contribution is -2.28. The third kappa shape index (κ3) is 2.35. The predicted octanol–water partition coefficient (Wildman–Crippen LogP) is 3.45. The summed E-state index contributed by atoms with van der Waals surface area (Å²) in [6.07, 6.45) is 3.60. The van der Waals surface area contributed by atoms with Crippen molar-refractivity contribution < 1.29 is 4.42 Å². The summed E-state index contributed by atoms with van der Waals surface area (Å²) in [6, 6.07) is 9.75. The molecule has 3 aromatic rings. The van der Waals surface area contributed by atoms with Crippen LogP contribution in [0.5, 0.6) is 0 Å². The summed E-state index contributed by atoms with van der Waals surface area (Å²) in [5, 5.41) is 1.04. The Morgan fingerprint density at radius 2 is 2.15 bits per heavy atom. The molecule has 3 N–H and O–H groups in total. The maximum atomic E-state index is 5.93. The first-order valence-corrected chi connectivity index (χ1v) is 7.04. The van der Waals surface area contributed by atoms with E-state index < -0.39 is 0 Å². The van der Waals surface area contributed by atoms with E-state index in [9.17, 15) is 0 Å². The van der Waals surface area contributed by atoms with Crippen LogP contribution in [0.4, 0.5) is 0 Å². The van der Waals surface area contributed by atoms with Crippen LogP contribution < -0.4 is 11.3 Å². The fourth-order valence-corrected chi connectivity index (χ4v) is 2.73. The maximum absolute atomic E-state index is 5.93. The Balaban J connectivity index is 2.09. The molecule has 0 radical (unpaired) electrons. The zero-order valence-electron chi connectivity index (χ0n) is 10.9. The second-order valence-electron chi connectivity index (χ2n) is 4.70. The second-order valence-corrected chi connectivity index (χ2v) is 5.56. The van der Waals surface area contributed by atoms with Crippen molar-refractivity contribution in [2.24, 2.45) is 5.84 Å². The first-order chi connectivity index (χ1) is 9.69. The van der Waals surface area contributed by atoms with Crippen LogP contribution in [0.1, 0.15) is 22.9 Å². The SMILES string of the molecule is Cc1cncc(C(NN)c2cc3cccc(Br)c3o2)c1. The van der Waals surface area contributed by atoms with Gasteiger partial charge in [-0.2, -0.15) is 0 Å². The third-order valence-electron chi connectivity index (χ3n) is 3.20. The van der Waals surface area contributed by atoms with E-state index in [4.69, 9.17) is 10.3 Å². The monoisotopic (exact) mass is 331 g/mol. The molecule has 0 bridgehead atoms. The van der Waals surface area contributed by atoms with Crippen LogP contribution in [0, 0.1) is 6.92 Å². The van der Waals surface area contributed by atoms with E-state index in [1.807, 2.05) is 43.5 Å². The Hall–Kier alpha value is -1.69. The van der Waals surface area contributed by atoms with Crippen LogP contribution in [0.15, 0.2) is 51.6 Å². The second kappa shape index (κ2) is 5.36. The van der Waals surface area contributed by atoms with Crippen molar-refractivity contribution in [3.63, 3.8) is 0 Å². The summed E-state index contributed by atoms with van der Waals surface area (Å²) in [5.74, 6) is 6.46. The number of furan rings is 1. The number of aryl methyl sites for hydroxylation is 1. The van der Waals surface area contributed by atoms with E-state index >= 15 is 0 Å². The predicted molar refractivity (Wildman–Crippen MR) is 82.1 cm³/mol. The Bertz CT molecular complexity index is 754. The van der Waals surface area contributed by atoms with Crippen LogP contribution in [0.2, 0.25) is 0 Å². The van der Waals surface area contributed by atoms with E-state index in [0.29, 0.717) is 0 Å². The average molecular weight is 332 g/mol. The van der Waals surface area contributed by atoms with Gasteiger partial charge in [-0.3, -0.25) is 10.8 Å². The number of nitrogens with zero attached hydrogens (tertiary/aromatic N) is 1. The number of hydrazine groups is 1. The highest BCUT2D eigenvalue weighted by Gasteiger charge is 2.18. The van der Waals surface area contributed by atoms with Gasteiger partial charge in [0.15, 0.2) is 0 Å². The molecule has 0 fully saturated rings. The summed E-state index contributed by atoms with van der Waals surface area (Å²) >= 11 is 3.49. The van der Waals surface area contributed by atoms with E-state index in [-0.39, 0.29) is 6.04 Å². The summed E-state index contributed by atoms with van der Waals surface area (Å²) in [5.41, 5.74) is 5.67. The summed E-state index contributed by atoms with van der Waals surface area (Å²) in [7, 11) is 0. The number of pyridine rings is 1. The van der Waals surface area contributed by atoms with Crippen molar-refractivity contribution in [2.45, 2.75) is 13.0 Å². The molecular weight excluding hydrogens is 318 g/mol. The molecule has 0 aliphatic heterocycles. The van der Waals surface area contributed by atoms with Gasteiger partial charge in [-0.25, -0.2) is 5.43 Å². The smallest absolute Gasteiger partial charge is 0.148 e. The van der Waals surface area contributed by atoms with E-state index in [1.54, 1.807) is 6.20 Å². The fourth-order valence-electron chi connectivity index (χ4n) is 2.27. The van der Waals surface area contributed by atoms with Crippen LogP contribution in [-0.4, -0.2) is 4.98 Å². The van der Waals surface area contributed by atoms with Crippen molar-refractivity contribution in [1.29, 1.82) is 0 Å². The van der Waals surface area contributed by atoms with Crippen molar-refractivity contribution >= 4 is 26.9 Å². The zero-order chi connectivity index (χ0) is 14.1. The molecule has 2 heterocycles. The molecule has 3 rings (SSSR count). The van der Waals surface area contributed by atoms with Gasteiger partial charge < -0.3 is 4.42 Å². The molecule has 0 spiro atoms. The minimum atomic E-state index is -0.221. The van der Waals surface area contributed by atoms with Gasteiger partial charge >= 0.3 is 0 Å². The Morgan fingerprint density at radius 1 is 1.30 bits per heavy atom. The van der Waals surface area contributed by atoms with Crippen molar-refractivity contribution in [3.05, 3.63) is 64.1 Å². The number of nitrogens with one attached hydrogen (secondary N) is 1. The quantitative estimate of drug-likeness (QED) is 0.570. The van der Waals surface area contributed by atoms with E-state index in [2.05, 4.69) is 26.3 Å². The molecule has 5 heteroatoms. The molecule has 20 heavy (non-hydrogen) atoms. The Kier molecular flexibility index (Phi) is 3.56. The molecule has 0 aliphatic rings. The largest absolute Gasteiger partial charge is 0.458 e. The lowest BCUT2D eigenvalue weighted by molar-refractivity contribution is 0.475. The topological polar surface area (TPSA) is 64.1 Å². The number of aromatic nitrogens is 1. The normalized spacial score (nSPS) is 12.8. The van der Waals surface area contributed by atoms with Crippen LogP contribution in [0.25, 0.3) is 11.0 Å². The molecule has 4 nitrogen and oxygen atoms in total.